The second-order valence-electron chi connectivity index (χ2n) is 3.08. The Bertz CT molecular complexity index is 89.3. The zero-order valence-electron chi connectivity index (χ0n) is 6.84. The Morgan fingerprint density at radius 1 is 1.50 bits per heavy atom. The van der Waals surface area contributed by atoms with Crippen molar-refractivity contribution in [3.63, 3.8) is 0 Å². The Balaban J connectivity index is 2.07. The van der Waals surface area contributed by atoms with Gasteiger partial charge in [0.2, 0.25) is 0 Å². The molecule has 0 atom stereocenters. The van der Waals surface area contributed by atoms with E-state index >= 15 is 0 Å². The van der Waals surface area contributed by atoms with Crippen molar-refractivity contribution in [2.45, 2.75) is 38.6 Å². The van der Waals surface area contributed by atoms with E-state index in [1.807, 2.05) is 0 Å². The SMILES string of the molecule is CCCCN(CN)C1CC1. The lowest BCUT2D eigenvalue weighted by atomic mass is 10.3. The summed E-state index contributed by atoms with van der Waals surface area (Å²) in [5, 5.41) is 0. The van der Waals surface area contributed by atoms with Gasteiger partial charge in [0.25, 0.3) is 0 Å². The maximum atomic E-state index is 5.58. The van der Waals surface area contributed by atoms with Gasteiger partial charge in [0.1, 0.15) is 0 Å². The van der Waals surface area contributed by atoms with Crippen molar-refractivity contribution >= 4 is 0 Å². The summed E-state index contributed by atoms with van der Waals surface area (Å²) in [6.45, 7) is 4.18. The molecule has 1 rings (SSSR count). The van der Waals surface area contributed by atoms with E-state index in [1.165, 1.54) is 32.2 Å². The van der Waals surface area contributed by atoms with Gasteiger partial charge in [-0.15, -0.1) is 0 Å². The molecule has 0 aliphatic heterocycles. The molecule has 0 heterocycles. The van der Waals surface area contributed by atoms with E-state index in [1.54, 1.807) is 0 Å². The van der Waals surface area contributed by atoms with Crippen LogP contribution in [-0.2, 0) is 0 Å². The second-order valence-corrected chi connectivity index (χ2v) is 3.08. The van der Waals surface area contributed by atoms with Crippen molar-refractivity contribution in [2.75, 3.05) is 13.2 Å². The topological polar surface area (TPSA) is 29.3 Å². The van der Waals surface area contributed by atoms with E-state index < -0.39 is 0 Å². The molecule has 1 aliphatic rings. The Morgan fingerprint density at radius 2 is 2.20 bits per heavy atom. The van der Waals surface area contributed by atoms with Crippen molar-refractivity contribution in [1.82, 2.24) is 4.90 Å². The molecule has 1 fully saturated rings. The molecule has 0 aromatic carbocycles. The van der Waals surface area contributed by atoms with Gasteiger partial charge in [-0.05, 0) is 25.8 Å². The van der Waals surface area contributed by atoms with Crippen LogP contribution in [-0.4, -0.2) is 24.2 Å². The van der Waals surface area contributed by atoms with Gasteiger partial charge in [0.15, 0.2) is 0 Å². The summed E-state index contributed by atoms with van der Waals surface area (Å²) < 4.78 is 0. The Labute approximate surface area is 63.4 Å². The van der Waals surface area contributed by atoms with Crippen LogP contribution in [0, 0.1) is 0 Å². The largest absolute Gasteiger partial charge is 0.318 e. The predicted octanol–water partition coefficient (Wildman–Crippen LogP) is 1.17. The quantitative estimate of drug-likeness (QED) is 0.584. The predicted molar refractivity (Wildman–Crippen MR) is 43.7 cm³/mol. The fourth-order valence-electron chi connectivity index (χ4n) is 1.22. The third kappa shape index (κ3) is 2.27. The minimum atomic E-state index is 0.755. The van der Waals surface area contributed by atoms with Crippen LogP contribution < -0.4 is 5.73 Å². The zero-order chi connectivity index (χ0) is 7.40. The highest BCUT2D eigenvalue weighted by atomic mass is 15.2. The van der Waals surface area contributed by atoms with Crippen LogP contribution in [0.2, 0.25) is 0 Å². The van der Waals surface area contributed by atoms with Crippen LogP contribution in [0.3, 0.4) is 0 Å². The van der Waals surface area contributed by atoms with E-state index in [9.17, 15) is 0 Å². The van der Waals surface area contributed by atoms with Crippen LogP contribution in [0.4, 0.5) is 0 Å². The molecule has 1 aliphatic carbocycles. The number of unbranched alkanes of at least 4 members (excludes halogenated alkanes) is 1. The minimum absolute atomic E-state index is 0.755. The molecule has 0 saturated heterocycles. The zero-order valence-corrected chi connectivity index (χ0v) is 6.84. The molecular weight excluding hydrogens is 124 g/mol. The molecule has 2 nitrogen and oxygen atoms in total. The van der Waals surface area contributed by atoms with E-state index in [0.717, 1.165) is 12.7 Å². The summed E-state index contributed by atoms with van der Waals surface area (Å²) in [6.07, 6.45) is 5.33. The van der Waals surface area contributed by atoms with Crippen LogP contribution in [0.25, 0.3) is 0 Å². The van der Waals surface area contributed by atoms with E-state index in [4.69, 9.17) is 5.73 Å². The van der Waals surface area contributed by atoms with Gasteiger partial charge in [-0.3, -0.25) is 4.90 Å². The van der Waals surface area contributed by atoms with Crippen LogP contribution in [0.1, 0.15) is 32.6 Å². The van der Waals surface area contributed by atoms with Crippen LogP contribution in [0.5, 0.6) is 0 Å². The van der Waals surface area contributed by atoms with E-state index in [0.29, 0.717) is 0 Å². The standard InChI is InChI=1S/C8H18N2/c1-2-3-6-10(7-9)8-4-5-8/h8H,2-7,9H2,1H3. The monoisotopic (exact) mass is 142 g/mol. The van der Waals surface area contributed by atoms with Crippen molar-refractivity contribution in [3.8, 4) is 0 Å². The molecule has 0 radical (unpaired) electrons. The summed E-state index contributed by atoms with van der Waals surface area (Å²) in [5.74, 6) is 0. The fraction of sp³-hybridized carbons (Fsp3) is 1.00. The molecule has 0 unspecified atom stereocenters. The van der Waals surface area contributed by atoms with Gasteiger partial charge in [0.05, 0.1) is 0 Å². The van der Waals surface area contributed by atoms with Gasteiger partial charge < -0.3 is 5.73 Å². The first-order valence-electron chi connectivity index (χ1n) is 4.32. The summed E-state index contributed by atoms with van der Waals surface area (Å²) >= 11 is 0. The van der Waals surface area contributed by atoms with Crippen molar-refractivity contribution in [1.29, 1.82) is 0 Å². The Morgan fingerprint density at radius 3 is 2.60 bits per heavy atom. The smallest absolute Gasteiger partial charge is 0.0457 e. The average molecular weight is 142 g/mol. The molecule has 0 aromatic heterocycles. The lowest BCUT2D eigenvalue weighted by Crippen LogP contribution is -2.32. The van der Waals surface area contributed by atoms with Gasteiger partial charge in [-0.2, -0.15) is 0 Å². The summed E-state index contributed by atoms with van der Waals surface area (Å²) in [6, 6.07) is 0.844. The highest BCUT2D eigenvalue weighted by molar-refractivity contribution is 4.83. The molecule has 60 valence electrons. The molecule has 0 spiro atoms. The molecule has 10 heavy (non-hydrogen) atoms. The van der Waals surface area contributed by atoms with E-state index in [2.05, 4.69) is 11.8 Å². The van der Waals surface area contributed by atoms with Crippen molar-refractivity contribution in [2.24, 2.45) is 5.73 Å². The maximum absolute atomic E-state index is 5.58. The van der Waals surface area contributed by atoms with Crippen molar-refractivity contribution in [3.05, 3.63) is 0 Å². The lowest BCUT2D eigenvalue weighted by Gasteiger charge is -2.18. The van der Waals surface area contributed by atoms with Crippen molar-refractivity contribution < 1.29 is 0 Å². The third-order valence-corrected chi connectivity index (χ3v) is 2.10. The van der Waals surface area contributed by atoms with E-state index in [-0.39, 0.29) is 0 Å². The highest BCUT2D eigenvalue weighted by Gasteiger charge is 2.26. The first kappa shape index (κ1) is 8.02. The molecule has 2 N–H and O–H groups in total. The van der Waals surface area contributed by atoms with Crippen LogP contribution >= 0.6 is 0 Å². The summed E-state index contributed by atoms with van der Waals surface area (Å²) in [7, 11) is 0. The summed E-state index contributed by atoms with van der Waals surface area (Å²) in [5.41, 5.74) is 5.58. The normalized spacial score (nSPS) is 18.3. The first-order chi connectivity index (χ1) is 4.88. The molecule has 1 saturated carbocycles. The minimum Gasteiger partial charge on any atom is -0.318 e. The Kier molecular flexibility index (Phi) is 3.16. The number of nitrogens with zero attached hydrogens (tertiary/aromatic N) is 1. The number of rotatable bonds is 5. The van der Waals surface area contributed by atoms with Crippen LogP contribution in [0.15, 0.2) is 0 Å². The molecular formula is C8H18N2. The number of hydrogen-bond acceptors (Lipinski definition) is 2. The third-order valence-electron chi connectivity index (χ3n) is 2.10. The Hall–Kier alpha value is -0.0800. The van der Waals surface area contributed by atoms with Gasteiger partial charge in [-0.1, -0.05) is 13.3 Å². The highest BCUT2D eigenvalue weighted by Crippen LogP contribution is 2.25. The molecule has 0 bridgehead atoms. The van der Waals surface area contributed by atoms with Gasteiger partial charge in [-0.25, -0.2) is 0 Å². The summed E-state index contributed by atoms with van der Waals surface area (Å²) in [4.78, 5) is 2.39. The maximum Gasteiger partial charge on any atom is 0.0457 e. The first-order valence-corrected chi connectivity index (χ1v) is 4.32. The number of hydrogen-bond donors (Lipinski definition) is 1. The molecule has 0 aromatic rings. The average Bonchev–Trinajstić information content (AvgIpc) is 2.73. The fourth-order valence-corrected chi connectivity index (χ4v) is 1.22. The molecule has 2 heteroatoms. The lowest BCUT2D eigenvalue weighted by molar-refractivity contribution is 0.267. The van der Waals surface area contributed by atoms with Gasteiger partial charge >= 0.3 is 0 Å². The second kappa shape index (κ2) is 3.94. The number of nitrogens with two attached hydrogens (primary N) is 1. The van der Waals surface area contributed by atoms with Gasteiger partial charge in [0, 0.05) is 12.7 Å². The molecule has 0 amide bonds.